The van der Waals surface area contributed by atoms with Gasteiger partial charge in [0.15, 0.2) is 0 Å². The first kappa shape index (κ1) is 11.9. The van der Waals surface area contributed by atoms with E-state index < -0.39 is 0 Å². The van der Waals surface area contributed by atoms with Gasteiger partial charge >= 0.3 is 0 Å². The molecule has 0 saturated carbocycles. The van der Waals surface area contributed by atoms with Gasteiger partial charge in [-0.1, -0.05) is 22.0 Å². The van der Waals surface area contributed by atoms with Gasteiger partial charge in [0.1, 0.15) is 0 Å². The quantitative estimate of drug-likeness (QED) is 0.847. The van der Waals surface area contributed by atoms with Crippen LogP contribution in [0.5, 0.6) is 0 Å². The molecule has 1 fully saturated rings. The molecule has 0 aromatic heterocycles. The van der Waals surface area contributed by atoms with E-state index in [1.165, 1.54) is 5.56 Å². The molecule has 0 bridgehead atoms. The molecule has 1 aliphatic rings. The number of ether oxygens (including phenoxy) is 1. The third-order valence-electron chi connectivity index (χ3n) is 2.96. The number of nitrogens with zero attached hydrogens (tertiary/aromatic N) is 1. The highest BCUT2D eigenvalue weighted by molar-refractivity contribution is 9.10. The van der Waals surface area contributed by atoms with Crippen LogP contribution in [0.25, 0.3) is 0 Å². The van der Waals surface area contributed by atoms with Crippen LogP contribution in [0.1, 0.15) is 12.5 Å². The highest BCUT2D eigenvalue weighted by Gasteiger charge is 2.19. The van der Waals surface area contributed by atoms with Crippen LogP contribution < -0.4 is 5.73 Å². The topological polar surface area (TPSA) is 38.5 Å². The van der Waals surface area contributed by atoms with Crippen LogP contribution in [0, 0.1) is 0 Å². The fraction of sp³-hybridized carbons (Fsp3) is 0.500. The first-order valence-electron chi connectivity index (χ1n) is 5.52. The summed E-state index contributed by atoms with van der Waals surface area (Å²) >= 11 is 3.56. The molecular formula is C12H17BrN2O. The maximum absolute atomic E-state index is 5.72. The number of anilines is 1. The van der Waals surface area contributed by atoms with Crippen LogP contribution in [-0.4, -0.2) is 30.7 Å². The molecule has 1 aromatic rings. The van der Waals surface area contributed by atoms with Gasteiger partial charge in [-0.25, -0.2) is 0 Å². The van der Waals surface area contributed by atoms with Crippen molar-refractivity contribution in [3.63, 3.8) is 0 Å². The summed E-state index contributed by atoms with van der Waals surface area (Å²) < 4.78 is 6.51. The predicted molar refractivity (Wildman–Crippen MR) is 69.2 cm³/mol. The average molecular weight is 285 g/mol. The zero-order chi connectivity index (χ0) is 11.5. The lowest BCUT2D eigenvalue weighted by molar-refractivity contribution is -0.00445. The normalized spacial score (nSPS) is 22.2. The largest absolute Gasteiger partial charge is 0.399 e. The Kier molecular flexibility index (Phi) is 3.84. The smallest absolute Gasteiger partial charge is 0.0619 e. The van der Waals surface area contributed by atoms with Crippen molar-refractivity contribution < 1.29 is 4.74 Å². The number of nitrogens with two attached hydrogens (primary N) is 1. The Morgan fingerprint density at radius 3 is 3.06 bits per heavy atom. The summed E-state index contributed by atoms with van der Waals surface area (Å²) in [5.41, 5.74) is 7.80. The molecule has 0 amide bonds. The maximum atomic E-state index is 5.72. The van der Waals surface area contributed by atoms with Crippen LogP contribution in [0.15, 0.2) is 22.7 Å². The van der Waals surface area contributed by atoms with Crippen LogP contribution in [0.4, 0.5) is 5.69 Å². The van der Waals surface area contributed by atoms with Crippen molar-refractivity contribution >= 4 is 21.6 Å². The Bertz CT molecular complexity index is 370. The zero-order valence-corrected chi connectivity index (χ0v) is 11.0. The van der Waals surface area contributed by atoms with Crippen LogP contribution in [0.3, 0.4) is 0 Å². The molecule has 3 nitrogen and oxygen atoms in total. The van der Waals surface area contributed by atoms with E-state index in [-0.39, 0.29) is 0 Å². The molecule has 0 radical (unpaired) electrons. The van der Waals surface area contributed by atoms with Crippen molar-refractivity contribution in [1.82, 2.24) is 4.90 Å². The average Bonchev–Trinajstić information content (AvgIpc) is 2.25. The summed E-state index contributed by atoms with van der Waals surface area (Å²) in [4.78, 5) is 2.43. The Balaban J connectivity index is 2.07. The summed E-state index contributed by atoms with van der Waals surface area (Å²) in [5.74, 6) is 0. The standard InChI is InChI=1S/C12H17BrN2O/c1-9-8-16-5-4-15(9)7-10-2-3-11(14)6-12(10)13/h2-3,6,9H,4-5,7-8,14H2,1H3. The Morgan fingerprint density at radius 2 is 2.38 bits per heavy atom. The third kappa shape index (κ3) is 2.75. The first-order chi connectivity index (χ1) is 7.66. The predicted octanol–water partition coefficient (Wildman–Crippen LogP) is 2.25. The molecule has 88 valence electrons. The number of nitrogen functional groups attached to an aromatic ring is 1. The number of rotatable bonds is 2. The minimum atomic E-state index is 0.484. The number of halogens is 1. The van der Waals surface area contributed by atoms with Gasteiger partial charge in [0, 0.05) is 29.3 Å². The van der Waals surface area contributed by atoms with Crippen molar-refractivity contribution in [1.29, 1.82) is 0 Å². The molecular weight excluding hydrogens is 268 g/mol. The van der Waals surface area contributed by atoms with Crippen molar-refractivity contribution in [2.75, 3.05) is 25.5 Å². The summed E-state index contributed by atoms with van der Waals surface area (Å²) in [5, 5.41) is 0. The number of hydrogen-bond donors (Lipinski definition) is 1. The van der Waals surface area contributed by atoms with Crippen molar-refractivity contribution in [3.8, 4) is 0 Å². The van der Waals surface area contributed by atoms with Gasteiger partial charge in [0.05, 0.1) is 13.2 Å². The second-order valence-electron chi connectivity index (χ2n) is 4.25. The van der Waals surface area contributed by atoms with E-state index in [1.54, 1.807) is 0 Å². The molecule has 0 spiro atoms. The molecule has 16 heavy (non-hydrogen) atoms. The van der Waals surface area contributed by atoms with Gasteiger partial charge in [-0.05, 0) is 24.6 Å². The fourth-order valence-corrected chi connectivity index (χ4v) is 2.43. The Hall–Kier alpha value is -0.580. The van der Waals surface area contributed by atoms with Gasteiger partial charge in [-0.2, -0.15) is 0 Å². The molecule has 0 aliphatic carbocycles. The molecule has 1 atom stereocenters. The summed E-state index contributed by atoms with van der Waals surface area (Å²) in [6.07, 6.45) is 0. The lowest BCUT2D eigenvalue weighted by Crippen LogP contribution is -2.42. The number of morpholine rings is 1. The van der Waals surface area contributed by atoms with E-state index in [0.29, 0.717) is 6.04 Å². The van der Waals surface area contributed by atoms with Gasteiger partial charge in [0.2, 0.25) is 0 Å². The lowest BCUT2D eigenvalue weighted by atomic mass is 10.1. The minimum Gasteiger partial charge on any atom is -0.399 e. The summed E-state index contributed by atoms with van der Waals surface area (Å²) in [6.45, 7) is 5.80. The molecule has 1 aromatic carbocycles. The van der Waals surface area contributed by atoms with Crippen LogP contribution in [0.2, 0.25) is 0 Å². The van der Waals surface area contributed by atoms with E-state index in [0.717, 1.165) is 36.5 Å². The highest BCUT2D eigenvalue weighted by atomic mass is 79.9. The van der Waals surface area contributed by atoms with Gasteiger partial charge < -0.3 is 10.5 Å². The zero-order valence-electron chi connectivity index (χ0n) is 9.45. The SMILES string of the molecule is CC1COCCN1Cc1ccc(N)cc1Br. The summed E-state index contributed by atoms with van der Waals surface area (Å²) in [6, 6.07) is 6.48. The van der Waals surface area contributed by atoms with Crippen molar-refractivity contribution in [2.45, 2.75) is 19.5 Å². The first-order valence-corrected chi connectivity index (χ1v) is 6.32. The maximum Gasteiger partial charge on any atom is 0.0619 e. The van der Waals surface area contributed by atoms with Gasteiger partial charge in [-0.3, -0.25) is 4.90 Å². The fourth-order valence-electron chi connectivity index (χ4n) is 1.91. The van der Waals surface area contributed by atoms with Gasteiger partial charge in [0.25, 0.3) is 0 Å². The molecule has 2 rings (SSSR count). The third-order valence-corrected chi connectivity index (χ3v) is 3.69. The van der Waals surface area contributed by atoms with Crippen molar-refractivity contribution in [2.24, 2.45) is 0 Å². The highest BCUT2D eigenvalue weighted by Crippen LogP contribution is 2.22. The minimum absolute atomic E-state index is 0.484. The van der Waals surface area contributed by atoms with E-state index in [2.05, 4.69) is 33.8 Å². The lowest BCUT2D eigenvalue weighted by Gasteiger charge is -2.33. The van der Waals surface area contributed by atoms with E-state index in [9.17, 15) is 0 Å². The van der Waals surface area contributed by atoms with E-state index >= 15 is 0 Å². The second-order valence-corrected chi connectivity index (χ2v) is 5.10. The Morgan fingerprint density at radius 1 is 1.56 bits per heavy atom. The molecule has 1 unspecified atom stereocenters. The van der Waals surface area contributed by atoms with Crippen LogP contribution in [-0.2, 0) is 11.3 Å². The monoisotopic (exact) mass is 284 g/mol. The van der Waals surface area contributed by atoms with Gasteiger partial charge in [-0.15, -0.1) is 0 Å². The molecule has 1 aliphatic heterocycles. The summed E-state index contributed by atoms with van der Waals surface area (Å²) in [7, 11) is 0. The Labute approximate surface area is 105 Å². The molecule has 1 saturated heterocycles. The second kappa shape index (κ2) is 5.17. The van der Waals surface area contributed by atoms with Crippen LogP contribution >= 0.6 is 15.9 Å². The molecule has 2 N–H and O–H groups in total. The molecule has 4 heteroatoms. The van der Waals surface area contributed by atoms with E-state index in [4.69, 9.17) is 10.5 Å². The number of benzene rings is 1. The molecule has 1 heterocycles. The van der Waals surface area contributed by atoms with E-state index in [1.807, 2.05) is 12.1 Å². The number of hydrogen-bond acceptors (Lipinski definition) is 3. The van der Waals surface area contributed by atoms with Crippen molar-refractivity contribution in [3.05, 3.63) is 28.2 Å².